The van der Waals surface area contributed by atoms with Crippen LogP contribution in [0.2, 0.25) is 0 Å². The van der Waals surface area contributed by atoms with Crippen LogP contribution in [0.15, 0.2) is 53.1 Å². The number of carbonyl (C=O) groups excluding carboxylic acids is 1. The third-order valence-corrected chi connectivity index (χ3v) is 4.17. The van der Waals surface area contributed by atoms with Gasteiger partial charge < -0.3 is 19.3 Å². The first kappa shape index (κ1) is 17.1. The van der Waals surface area contributed by atoms with Gasteiger partial charge in [-0.2, -0.15) is 4.98 Å². The largest absolute Gasteiger partial charge is 0.485 e. The molecule has 2 heterocycles. The van der Waals surface area contributed by atoms with Crippen molar-refractivity contribution in [2.24, 2.45) is 0 Å². The molecular formula is C20H19N3O4. The van der Waals surface area contributed by atoms with Crippen molar-refractivity contribution in [3.63, 3.8) is 0 Å². The van der Waals surface area contributed by atoms with Gasteiger partial charge in [0.05, 0.1) is 11.3 Å². The third-order valence-electron chi connectivity index (χ3n) is 4.17. The van der Waals surface area contributed by atoms with Gasteiger partial charge in [-0.25, -0.2) is 0 Å². The molecule has 1 aromatic heterocycles. The van der Waals surface area contributed by atoms with Gasteiger partial charge >= 0.3 is 0 Å². The van der Waals surface area contributed by atoms with Crippen molar-refractivity contribution >= 4 is 11.6 Å². The zero-order chi connectivity index (χ0) is 18.8. The highest BCUT2D eigenvalue weighted by molar-refractivity contribution is 5.97. The van der Waals surface area contributed by atoms with Crippen LogP contribution in [-0.2, 0) is 4.79 Å². The van der Waals surface area contributed by atoms with Crippen LogP contribution in [0.1, 0.15) is 25.6 Å². The Morgan fingerprint density at radius 3 is 2.63 bits per heavy atom. The van der Waals surface area contributed by atoms with Crippen molar-refractivity contribution in [3.05, 3.63) is 54.4 Å². The quantitative estimate of drug-likeness (QED) is 0.760. The van der Waals surface area contributed by atoms with E-state index in [1.165, 1.54) is 0 Å². The van der Waals surface area contributed by atoms with Crippen LogP contribution >= 0.6 is 0 Å². The molecule has 0 saturated carbocycles. The molecule has 0 saturated heterocycles. The molecule has 0 fully saturated rings. The molecule has 1 N–H and O–H groups in total. The number of amides is 1. The maximum atomic E-state index is 12.7. The lowest BCUT2D eigenvalue weighted by Crippen LogP contribution is -2.40. The van der Waals surface area contributed by atoms with Crippen LogP contribution < -0.4 is 14.8 Å². The molecule has 0 unspecified atom stereocenters. The summed E-state index contributed by atoms with van der Waals surface area (Å²) in [5.74, 6) is 2.01. The Morgan fingerprint density at radius 1 is 1.11 bits per heavy atom. The second kappa shape index (κ2) is 7.11. The first-order chi connectivity index (χ1) is 13.1. The van der Waals surface area contributed by atoms with Crippen molar-refractivity contribution in [2.75, 3.05) is 11.9 Å². The average Bonchev–Trinajstić information content (AvgIpc) is 3.18. The summed E-state index contributed by atoms with van der Waals surface area (Å²) in [6.45, 7) is 4.12. The minimum atomic E-state index is -0.748. The van der Waals surface area contributed by atoms with Crippen LogP contribution in [0, 0.1) is 0 Å². The maximum absolute atomic E-state index is 12.7. The Labute approximate surface area is 156 Å². The summed E-state index contributed by atoms with van der Waals surface area (Å²) in [5, 5.41) is 6.86. The van der Waals surface area contributed by atoms with E-state index in [1.807, 2.05) is 44.2 Å². The number of anilines is 1. The van der Waals surface area contributed by atoms with Gasteiger partial charge in [0.15, 0.2) is 17.3 Å². The molecule has 3 aromatic rings. The van der Waals surface area contributed by atoms with Crippen LogP contribution in [-0.4, -0.2) is 28.8 Å². The number of carbonyl (C=O) groups is 1. The van der Waals surface area contributed by atoms with Crippen molar-refractivity contribution in [1.82, 2.24) is 10.1 Å². The summed E-state index contributed by atoms with van der Waals surface area (Å²) in [4.78, 5) is 17.1. The molecule has 0 bridgehead atoms. The number of benzene rings is 2. The monoisotopic (exact) mass is 365 g/mol. The van der Waals surface area contributed by atoms with E-state index in [4.69, 9.17) is 14.0 Å². The number of nitrogens with one attached hydrogen (secondary N) is 1. The SMILES string of the molecule is CC(C)c1noc(-c2ccccc2NC(=O)[C@H]2COc3ccccc3O2)n1. The van der Waals surface area contributed by atoms with E-state index in [9.17, 15) is 4.79 Å². The minimum Gasteiger partial charge on any atom is -0.485 e. The number of hydrogen-bond donors (Lipinski definition) is 1. The van der Waals surface area contributed by atoms with E-state index in [0.29, 0.717) is 34.5 Å². The summed E-state index contributed by atoms with van der Waals surface area (Å²) >= 11 is 0. The fourth-order valence-corrected chi connectivity index (χ4v) is 2.72. The third kappa shape index (κ3) is 3.48. The fraction of sp³-hybridized carbons (Fsp3) is 0.250. The average molecular weight is 365 g/mol. The molecule has 4 rings (SSSR count). The molecule has 7 nitrogen and oxygen atoms in total. The number of aromatic nitrogens is 2. The van der Waals surface area contributed by atoms with Gasteiger partial charge in [0.2, 0.25) is 6.10 Å². The number of hydrogen-bond acceptors (Lipinski definition) is 6. The highest BCUT2D eigenvalue weighted by Gasteiger charge is 2.28. The molecule has 2 aromatic carbocycles. The zero-order valence-corrected chi connectivity index (χ0v) is 15.0. The second-order valence-electron chi connectivity index (χ2n) is 6.51. The van der Waals surface area contributed by atoms with Crippen LogP contribution in [0.5, 0.6) is 11.5 Å². The van der Waals surface area contributed by atoms with Gasteiger partial charge in [0, 0.05) is 5.92 Å². The Hall–Kier alpha value is -3.35. The van der Waals surface area contributed by atoms with Crippen molar-refractivity contribution < 1.29 is 18.8 Å². The number of nitrogens with zero attached hydrogens (tertiary/aromatic N) is 2. The van der Waals surface area contributed by atoms with Gasteiger partial charge in [-0.1, -0.05) is 43.3 Å². The highest BCUT2D eigenvalue weighted by atomic mass is 16.6. The lowest BCUT2D eigenvalue weighted by molar-refractivity contribution is -0.125. The lowest BCUT2D eigenvalue weighted by atomic mass is 10.1. The molecular weight excluding hydrogens is 346 g/mol. The number of fused-ring (bicyclic) bond motifs is 1. The Balaban J connectivity index is 1.54. The topological polar surface area (TPSA) is 86.5 Å². The molecule has 1 atom stereocenters. The predicted molar refractivity (Wildman–Crippen MR) is 98.8 cm³/mol. The van der Waals surface area contributed by atoms with E-state index in [-0.39, 0.29) is 18.4 Å². The molecule has 0 radical (unpaired) electrons. The van der Waals surface area contributed by atoms with E-state index >= 15 is 0 Å². The first-order valence-corrected chi connectivity index (χ1v) is 8.74. The van der Waals surface area contributed by atoms with Gasteiger partial charge in [0.1, 0.15) is 6.61 Å². The molecule has 0 aliphatic carbocycles. The maximum Gasteiger partial charge on any atom is 0.269 e. The number of para-hydroxylation sites is 3. The summed E-state index contributed by atoms with van der Waals surface area (Å²) < 4.78 is 16.7. The Bertz CT molecular complexity index is 967. The normalized spacial score (nSPS) is 15.6. The second-order valence-corrected chi connectivity index (χ2v) is 6.51. The van der Waals surface area contributed by atoms with Gasteiger partial charge in [0.25, 0.3) is 11.8 Å². The lowest BCUT2D eigenvalue weighted by Gasteiger charge is -2.25. The molecule has 1 aliphatic rings. The molecule has 138 valence electrons. The van der Waals surface area contributed by atoms with Crippen LogP contribution in [0.3, 0.4) is 0 Å². The van der Waals surface area contributed by atoms with Crippen molar-refractivity contribution in [2.45, 2.75) is 25.9 Å². The molecule has 27 heavy (non-hydrogen) atoms. The molecule has 1 amide bonds. The molecule has 1 aliphatic heterocycles. The first-order valence-electron chi connectivity index (χ1n) is 8.74. The number of ether oxygens (including phenoxy) is 2. The summed E-state index contributed by atoms with van der Waals surface area (Å²) in [6, 6.07) is 14.5. The van der Waals surface area contributed by atoms with E-state index in [1.54, 1.807) is 18.2 Å². The standard InChI is InChI=1S/C20H19N3O4/c1-12(2)18-22-20(27-23-18)13-7-3-4-8-14(13)21-19(24)17-11-25-15-9-5-6-10-16(15)26-17/h3-10,12,17H,11H2,1-2H3,(H,21,24)/t17-/m1/s1. The van der Waals surface area contributed by atoms with E-state index in [0.717, 1.165) is 0 Å². The Kier molecular flexibility index (Phi) is 4.50. The summed E-state index contributed by atoms with van der Waals surface area (Å²) in [6.07, 6.45) is -0.748. The summed E-state index contributed by atoms with van der Waals surface area (Å²) in [5.41, 5.74) is 1.23. The zero-order valence-electron chi connectivity index (χ0n) is 15.0. The van der Waals surface area contributed by atoms with Crippen molar-refractivity contribution in [3.8, 4) is 23.0 Å². The number of rotatable bonds is 4. The predicted octanol–water partition coefficient (Wildman–Crippen LogP) is 3.64. The van der Waals surface area contributed by atoms with Crippen molar-refractivity contribution in [1.29, 1.82) is 0 Å². The summed E-state index contributed by atoms with van der Waals surface area (Å²) in [7, 11) is 0. The highest BCUT2D eigenvalue weighted by Crippen LogP contribution is 2.32. The molecule has 0 spiro atoms. The minimum absolute atomic E-state index is 0.142. The fourth-order valence-electron chi connectivity index (χ4n) is 2.72. The van der Waals surface area contributed by atoms with Gasteiger partial charge in [-0.3, -0.25) is 4.79 Å². The molecule has 7 heteroatoms. The van der Waals surface area contributed by atoms with Gasteiger partial charge in [-0.05, 0) is 24.3 Å². The smallest absolute Gasteiger partial charge is 0.269 e. The Morgan fingerprint density at radius 2 is 1.85 bits per heavy atom. The van der Waals surface area contributed by atoms with E-state index in [2.05, 4.69) is 15.5 Å². The van der Waals surface area contributed by atoms with Gasteiger partial charge in [-0.15, -0.1) is 0 Å². The van der Waals surface area contributed by atoms with Crippen LogP contribution in [0.4, 0.5) is 5.69 Å². The van der Waals surface area contributed by atoms with E-state index < -0.39 is 6.10 Å². The van der Waals surface area contributed by atoms with Crippen LogP contribution in [0.25, 0.3) is 11.5 Å².